The third-order valence-electron chi connectivity index (χ3n) is 5.90. The molecule has 1 aliphatic rings. The van der Waals surface area contributed by atoms with E-state index in [0.717, 1.165) is 17.0 Å². The summed E-state index contributed by atoms with van der Waals surface area (Å²) in [6.07, 6.45) is 3.34. The summed E-state index contributed by atoms with van der Waals surface area (Å²) < 4.78 is 41.1. The summed E-state index contributed by atoms with van der Waals surface area (Å²) in [5.74, 6) is -0.982. The molecule has 2 aromatic carbocycles. The highest BCUT2D eigenvalue weighted by molar-refractivity contribution is 7.89. The molecule has 0 radical (unpaired) electrons. The number of halogens is 1. The number of pyridine rings is 2. The van der Waals surface area contributed by atoms with Crippen LogP contribution < -0.4 is 0 Å². The van der Waals surface area contributed by atoms with Gasteiger partial charge in [0.15, 0.2) is 0 Å². The van der Waals surface area contributed by atoms with Gasteiger partial charge in [-0.3, -0.25) is 9.78 Å². The summed E-state index contributed by atoms with van der Waals surface area (Å²) >= 11 is 0. The maximum atomic E-state index is 14.1. The zero-order chi connectivity index (χ0) is 23.7. The molecule has 7 nitrogen and oxygen atoms in total. The van der Waals surface area contributed by atoms with E-state index in [1.165, 1.54) is 22.5 Å². The molecule has 0 aliphatic carbocycles. The summed E-state index contributed by atoms with van der Waals surface area (Å²) in [6.45, 7) is 0.576. The van der Waals surface area contributed by atoms with Crippen LogP contribution in [0.3, 0.4) is 0 Å². The van der Waals surface area contributed by atoms with Gasteiger partial charge in [0.05, 0.1) is 16.8 Å². The van der Waals surface area contributed by atoms with Crippen LogP contribution in [0, 0.1) is 5.82 Å². The SMILES string of the molecule is O=C(c1cc(-c2ccncc2)nc2ccccc12)N1CCN(S(=O)(=O)c2ccccc2F)CC1. The number of hydrogen-bond acceptors (Lipinski definition) is 5. The highest BCUT2D eigenvalue weighted by Gasteiger charge is 2.32. The third kappa shape index (κ3) is 4.04. The largest absolute Gasteiger partial charge is 0.336 e. The number of carbonyl (C=O) groups is 1. The van der Waals surface area contributed by atoms with Crippen molar-refractivity contribution in [2.24, 2.45) is 0 Å². The number of nitrogens with zero attached hydrogens (tertiary/aromatic N) is 4. The minimum Gasteiger partial charge on any atom is -0.336 e. The lowest BCUT2D eigenvalue weighted by molar-refractivity contribution is 0.0699. The fourth-order valence-corrected chi connectivity index (χ4v) is 5.61. The average Bonchev–Trinajstić information content (AvgIpc) is 2.88. The number of rotatable bonds is 4. The molecule has 0 atom stereocenters. The van der Waals surface area contributed by atoms with Gasteiger partial charge < -0.3 is 4.90 Å². The van der Waals surface area contributed by atoms with Crippen LogP contribution in [0.1, 0.15) is 10.4 Å². The Morgan fingerprint density at radius 1 is 0.882 bits per heavy atom. The molecule has 34 heavy (non-hydrogen) atoms. The maximum Gasteiger partial charge on any atom is 0.254 e. The monoisotopic (exact) mass is 476 g/mol. The van der Waals surface area contributed by atoms with Crippen molar-refractivity contribution in [3.05, 3.63) is 90.5 Å². The zero-order valence-corrected chi connectivity index (χ0v) is 19.0. The minimum atomic E-state index is -3.98. The van der Waals surface area contributed by atoms with E-state index in [1.54, 1.807) is 23.4 Å². The van der Waals surface area contributed by atoms with E-state index in [4.69, 9.17) is 4.98 Å². The normalized spacial score (nSPS) is 14.9. The number of aromatic nitrogens is 2. The molecule has 1 amide bonds. The Bertz CT molecular complexity index is 1470. The first-order chi connectivity index (χ1) is 16.4. The van der Waals surface area contributed by atoms with Crippen molar-refractivity contribution >= 4 is 26.8 Å². The summed E-state index contributed by atoms with van der Waals surface area (Å²) in [6, 6.07) is 18.2. The standard InChI is InChI=1S/C25H21FN4O3S/c26-21-6-2-4-8-24(21)34(32,33)30-15-13-29(14-16-30)25(31)20-17-23(18-9-11-27-12-10-18)28-22-7-3-1-5-19(20)22/h1-12,17H,13-16H2. The summed E-state index contributed by atoms with van der Waals surface area (Å²) in [5, 5.41) is 0.728. The van der Waals surface area contributed by atoms with Gasteiger partial charge in [-0.1, -0.05) is 30.3 Å². The number of benzene rings is 2. The Labute approximate surface area is 196 Å². The van der Waals surface area contributed by atoms with Crippen molar-refractivity contribution in [1.82, 2.24) is 19.2 Å². The van der Waals surface area contributed by atoms with Crippen LogP contribution >= 0.6 is 0 Å². The molecule has 0 N–H and O–H groups in total. The van der Waals surface area contributed by atoms with Crippen molar-refractivity contribution in [2.75, 3.05) is 26.2 Å². The molecule has 0 saturated carbocycles. The maximum absolute atomic E-state index is 14.1. The summed E-state index contributed by atoms with van der Waals surface area (Å²) in [5.41, 5.74) is 2.70. The van der Waals surface area contributed by atoms with Gasteiger partial charge in [0.1, 0.15) is 10.7 Å². The first-order valence-corrected chi connectivity index (χ1v) is 12.2. The molecule has 172 valence electrons. The average molecular weight is 477 g/mol. The lowest BCUT2D eigenvalue weighted by atomic mass is 10.0. The highest BCUT2D eigenvalue weighted by Crippen LogP contribution is 2.27. The van der Waals surface area contributed by atoms with Crippen LogP contribution in [0.15, 0.2) is 84.0 Å². The Balaban J connectivity index is 1.42. The molecule has 5 rings (SSSR count). The van der Waals surface area contributed by atoms with Crippen LogP contribution in [0.5, 0.6) is 0 Å². The third-order valence-corrected chi connectivity index (χ3v) is 7.83. The van der Waals surface area contributed by atoms with E-state index in [0.29, 0.717) is 16.8 Å². The number of para-hydroxylation sites is 1. The first kappa shape index (κ1) is 22.1. The lowest BCUT2D eigenvalue weighted by Crippen LogP contribution is -2.50. The topological polar surface area (TPSA) is 83.5 Å². The molecule has 2 aromatic heterocycles. The van der Waals surface area contributed by atoms with Crippen molar-refractivity contribution in [3.8, 4) is 11.3 Å². The van der Waals surface area contributed by atoms with Crippen molar-refractivity contribution in [3.63, 3.8) is 0 Å². The first-order valence-electron chi connectivity index (χ1n) is 10.8. The number of fused-ring (bicyclic) bond motifs is 1. The highest BCUT2D eigenvalue weighted by atomic mass is 32.2. The molecule has 0 unspecified atom stereocenters. The summed E-state index contributed by atoms with van der Waals surface area (Å²) in [7, 11) is -3.98. The number of hydrogen-bond donors (Lipinski definition) is 0. The Hall–Kier alpha value is -3.69. The number of carbonyl (C=O) groups excluding carboxylic acids is 1. The molecule has 1 aliphatic heterocycles. The second-order valence-electron chi connectivity index (χ2n) is 7.93. The number of amides is 1. The fourth-order valence-electron chi connectivity index (χ4n) is 4.12. The van der Waals surface area contributed by atoms with Gasteiger partial charge in [-0.2, -0.15) is 4.31 Å². The van der Waals surface area contributed by atoms with Crippen LogP contribution in [0.25, 0.3) is 22.2 Å². The molecule has 1 saturated heterocycles. The molecule has 0 bridgehead atoms. The van der Waals surface area contributed by atoms with Gasteiger partial charge in [0.25, 0.3) is 5.91 Å². The van der Waals surface area contributed by atoms with E-state index in [9.17, 15) is 17.6 Å². The Morgan fingerprint density at radius 2 is 1.56 bits per heavy atom. The lowest BCUT2D eigenvalue weighted by Gasteiger charge is -2.34. The second kappa shape index (κ2) is 8.92. The van der Waals surface area contributed by atoms with E-state index in [1.807, 2.05) is 36.4 Å². The van der Waals surface area contributed by atoms with Crippen molar-refractivity contribution in [1.29, 1.82) is 0 Å². The van der Waals surface area contributed by atoms with E-state index >= 15 is 0 Å². The fraction of sp³-hybridized carbons (Fsp3) is 0.160. The summed E-state index contributed by atoms with van der Waals surface area (Å²) in [4.78, 5) is 23.6. The van der Waals surface area contributed by atoms with Crippen LogP contribution in [0.2, 0.25) is 0 Å². The van der Waals surface area contributed by atoms with E-state index in [-0.39, 0.29) is 37.0 Å². The van der Waals surface area contributed by atoms with Gasteiger partial charge in [-0.25, -0.2) is 17.8 Å². The van der Waals surface area contributed by atoms with Crippen LogP contribution in [-0.2, 0) is 10.0 Å². The number of sulfonamides is 1. The molecular formula is C25H21FN4O3S. The van der Waals surface area contributed by atoms with Gasteiger partial charge in [-0.05, 0) is 36.4 Å². The van der Waals surface area contributed by atoms with Gasteiger partial charge >= 0.3 is 0 Å². The van der Waals surface area contributed by atoms with E-state index in [2.05, 4.69) is 4.98 Å². The van der Waals surface area contributed by atoms with Gasteiger partial charge in [0, 0.05) is 49.5 Å². The zero-order valence-electron chi connectivity index (χ0n) is 18.1. The van der Waals surface area contributed by atoms with Crippen molar-refractivity contribution in [2.45, 2.75) is 4.90 Å². The second-order valence-corrected chi connectivity index (χ2v) is 9.84. The molecule has 4 aromatic rings. The quantitative estimate of drug-likeness (QED) is 0.450. The smallest absolute Gasteiger partial charge is 0.254 e. The minimum absolute atomic E-state index is 0.0859. The molecular weight excluding hydrogens is 455 g/mol. The van der Waals surface area contributed by atoms with Crippen LogP contribution in [-0.4, -0.2) is 59.7 Å². The Kier molecular flexibility index (Phi) is 5.80. The molecule has 1 fully saturated rings. The predicted molar refractivity (Wildman–Crippen MR) is 126 cm³/mol. The molecule has 0 spiro atoms. The number of piperazine rings is 1. The van der Waals surface area contributed by atoms with E-state index < -0.39 is 15.8 Å². The molecule has 9 heteroatoms. The molecule has 3 heterocycles. The van der Waals surface area contributed by atoms with Crippen molar-refractivity contribution < 1.29 is 17.6 Å². The van der Waals surface area contributed by atoms with Gasteiger partial charge in [0.2, 0.25) is 10.0 Å². The van der Waals surface area contributed by atoms with Crippen LogP contribution in [0.4, 0.5) is 4.39 Å². The predicted octanol–water partition coefficient (Wildman–Crippen LogP) is 3.58. The Morgan fingerprint density at radius 3 is 2.29 bits per heavy atom. The van der Waals surface area contributed by atoms with Gasteiger partial charge in [-0.15, -0.1) is 0 Å².